The Labute approximate surface area is 180 Å². The second kappa shape index (κ2) is 8.99. The van der Waals surface area contributed by atoms with Gasteiger partial charge >= 0.3 is 0 Å². The molecule has 0 unspecified atom stereocenters. The number of nitrogens with zero attached hydrogens (tertiary/aromatic N) is 3. The summed E-state index contributed by atoms with van der Waals surface area (Å²) in [6.07, 6.45) is 4.17. The van der Waals surface area contributed by atoms with Crippen molar-refractivity contribution in [2.75, 3.05) is 18.8 Å². The van der Waals surface area contributed by atoms with Gasteiger partial charge in [-0.3, -0.25) is 4.90 Å². The Kier molecular flexibility index (Phi) is 6.19. The summed E-state index contributed by atoms with van der Waals surface area (Å²) in [4.78, 5) is 11.1. The number of anilines is 1. The van der Waals surface area contributed by atoms with Crippen molar-refractivity contribution >= 4 is 29.0 Å². The van der Waals surface area contributed by atoms with Crippen LogP contribution in [0, 0.1) is 6.54 Å². The van der Waals surface area contributed by atoms with E-state index < -0.39 is 0 Å². The number of hydrogen-bond donors (Lipinski definition) is 1. The first-order chi connectivity index (χ1) is 14.1. The highest BCUT2D eigenvalue weighted by atomic mass is 35.5. The summed E-state index contributed by atoms with van der Waals surface area (Å²) >= 11 is 12.4. The molecule has 4 rings (SSSR count). The van der Waals surface area contributed by atoms with Crippen molar-refractivity contribution in [1.82, 2.24) is 14.9 Å². The molecule has 1 aliphatic rings. The summed E-state index contributed by atoms with van der Waals surface area (Å²) in [5.74, 6) is 0.474. The Balaban J connectivity index is 1.49. The van der Waals surface area contributed by atoms with Gasteiger partial charge in [-0.15, -0.1) is 0 Å². The lowest BCUT2D eigenvalue weighted by Crippen LogP contribution is -2.15. The Morgan fingerprint density at radius 3 is 2.41 bits per heavy atom. The highest BCUT2D eigenvalue weighted by Gasteiger charge is 2.14. The minimum atomic E-state index is 0.157. The van der Waals surface area contributed by atoms with Crippen LogP contribution < -0.4 is 10.5 Å². The van der Waals surface area contributed by atoms with Crippen molar-refractivity contribution in [3.05, 3.63) is 76.4 Å². The van der Waals surface area contributed by atoms with E-state index in [4.69, 9.17) is 33.7 Å². The Bertz CT molecular complexity index is 968. The molecule has 5 nitrogen and oxygen atoms in total. The fourth-order valence-electron chi connectivity index (χ4n) is 3.26. The maximum absolute atomic E-state index is 6.20. The van der Waals surface area contributed by atoms with Gasteiger partial charge in [-0.05, 0) is 43.6 Å². The van der Waals surface area contributed by atoms with Gasteiger partial charge in [0.2, 0.25) is 0 Å². The number of ether oxygens (including phenoxy) is 1. The minimum Gasteiger partial charge on any atom is -0.470 e. The van der Waals surface area contributed by atoms with E-state index in [2.05, 4.69) is 33.5 Å². The number of nitrogen functional groups attached to an aromatic ring is 1. The molecule has 0 amide bonds. The summed E-state index contributed by atoms with van der Waals surface area (Å²) in [6, 6.07) is 13.5. The molecule has 1 fully saturated rings. The largest absolute Gasteiger partial charge is 0.470 e. The highest BCUT2D eigenvalue weighted by Crippen LogP contribution is 2.28. The SMILES string of the molecule is Nc1ncc(-c2ccc([CH]N3CCCC3)cc2)nc1OCc1c(Cl)cccc1Cl. The van der Waals surface area contributed by atoms with Gasteiger partial charge in [0, 0.05) is 21.2 Å². The van der Waals surface area contributed by atoms with Crippen LogP contribution in [0.3, 0.4) is 0 Å². The molecular formula is C22H21Cl2N4O. The van der Waals surface area contributed by atoms with Crippen LogP contribution in [0.5, 0.6) is 5.88 Å². The molecule has 2 aromatic carbocycles. The fraction of sp³-hybridized carbons (Fsp3) is 0.227. The molecule has 1 saturated heterocycles. The Morgan fingerprint density at radius 1 is 1.03 bits per heavy atom. The predicted molar refractivity (Wildman–Crippen MR) is 117 cm³/mol. The molecule has 0 aliphatic carbocycles. The zero-order valence-electron chi connectivity index (χ0n) is 15.8. The lowest BCUT2D eigenvalue weighted by Gasteiger charge is -2.14. The number of hydrogen-bond acceptors (Lipinski definition) is 5. The van der Waals surface area contributed by atoms with Crippen LogP contribution >= 0.6 is 23.2 Å². The first-order valence-electron chi connectivity index (χ1n) is 9.48. The average molecular weight is 428 g/mol. The maximum Gasteiger partial charge on any atom is 0.258 e. The number of nitrogens with two attached hydrogens (primary N) is 1. The lowest BCUT2D eigenvalue weighted by molar-refractivity contribution is 0.295. The van der Waals surface area contributed by atoms with Crippen molar-refractivity contribution < 1.29 is 4.74 Å². The normalized spacial score (nSPS) is 14.3. The van der Waals surface area contributed by atoms with E-state index in [1.807, 2.05) is 12.1 Å². The van der Waals surface area contributed by atoms with Crippen LogP contribution in [0.2, 0.25) is 10.0 Å². The zero-order valence-corrected chi connectivity index (χ0v) is 17.3. The summed E-state index contributed by atoms with van der Waals surface area (Å²) in [5, 5.41) is 1.06. The van der Waals surface area contributed by atoms with Gasteiger partial charge in [-0.25, -0.2) is 9.97 Å². The third-order valence-electron chi connectivity index (χ3n) is 4.86. The molecule has 1 radical (unpaired) electrons. The quantitative estimate of drug-likeness (QED) is 0.584. The number of halogens is 2. The number of benzene rings is 2. The van der Waals surface area contributed by atoms with E-state index in [-0.39, 0.29) is 18.3 Å². The number of aromatic nitrogens is 2. The molecule has 29 heavy (non-hydrogen) atoms. The zero-order chi connectivity index (χ0) is 20.2. The van der Waals surface area contributed by atoms with Gasteiger partial charge in [-0.2, -0.15) is 0 Å². The molecule has 1 aliphatic heterocycles. The first-order valence-corrected chi connectivity index (χ1v) is 10.2. The molecular weight excluding hydrogens is 407 g/mol. The molecule has 3 aromatic rings. The fourth-order valence-corrected chi connectivity index (χ4v) is 3.77. The van der Waals surface area contributed by atoms with Crippen molar-refractivity contribution in [3.63, 3.8) is 0 Å². The van der Waals surface area contributed by atoms with Gasteiger partial charge in [0.05, 0.1) is 18.4 Å². The monoisotopic (exact) mass is 427 g/mol. The van der Waals surface area contributed by atoms with Crippen molar-refractivity contribution in [2.24, 2.45) is 0 Å². The standard InChI is InChI=1S/C22H21Cl2N4O/c23-18-4-3-5-19(24)17(18)14-29-22-21(25)26-12-20(27-22)16-8-6-15(7-9-16)13-28-10-1-2-11-28/h3-9,12-13H,1-2,10-11,14H2,(H2,25,26). The maximum atomic E-state index is 6.20. The number of likely N-dealkylation sites (tertiary alicyclic amines) is 1. The minimum absolute atomic E-state index is 0.157. The van der Waals surface area contributed by atoms with E-state index >= 15 is 0 Å². The van der Waals surface area contributed by atoms with E-state index in [0.717, 1.165) is 18.7 Å². The van der Waals surface area contributed by atoms with E-state index in [1.165, 1.54) is 18.4 Å². The van der Waals surface area contributed by atoms with Gasteiger partial charge in [-0.1, -0.05) is 53.5 Å². The van der Waals surface area contributed by atoms with Crippen molar-refractivity contribution in [3.8, 4) is 17.1 Å². The smallest absolute Gasteiger partial charge is 0.258 e. The van der Waals surface area contributed by atoms with Crippen LogP contribution in [0.25, 0.3) is 11.3 Å². The summed E-state index contributed by atoms with van der Waals surface area (Å²) < 4.78 is 5.78. The molecule has 7 heteroatoms. The third-order valence-corrected chi connectivity index (χ3v) is 5.57. The molecule has 0 atom stereocenters. The molecule has 2 N–H and O–H groups in total. The van der Waals surface area contributed by atoms with Gasteiger partial charge < -0.3 is 10.5 Å². The summed E-state index contributed by atoms with van der Waals surface area (Å²) in [7, 11) is 0. The predicted octanol–water partition coefficient (Wildman–Crippen LogP) is 5.22. The van der Waals surface area contributed by atoms with Crippen LogP contribution in [0.1, 0.15) is 24.0 Å². The van der Waals surface area contributed by atoms with Crippen molar-refractivity contribution in [2.45, 2.75) is 19.4 Å². The third kappa shape index (κ3) is 4.81. The highest BCUT2D eigenvalue weighted by molar-refractivity contribution is 6.35. The molecule has 1 aromatic heterocycles. The molecule has 0 spiro atoms. The van der Waals surface area contributed by atoms with Crippen LogP contribution in [-0.4, -0.2) is 28.0 Å². The summed E-state index contributed by atoms with van der Waals surface area (Å²) in [6.45, 7) is 4.61. The average Bonchev–Trinajstić information content (AvgIpc) is 3.22. The van der Waals surface area contributed by atoms with Crippen molar-refractivity contribution in [1.29, 1.82) is 0 Å². The molecule has 149 valence electrons. The Hall–Kier alpha value is -2.34. The van der Waals surface area contributed by atoms with E-state index in [0.29, 0.717) is 21.3 Å². The van der Waals surface area contributed by atoms with Crippen LogP contribution in [0.4, 0.5) is 5.82 Å². The van der Waals surface area contributed by atoms with E-state index in [1.54, 1.807) is 24.4 Å². The topological polar surface area (TPSA) is 64.3 Å². The van der Waals surface area contributed by atoms with Crippen LogP contribution in [-0.2, 0) is 6.61 Å². The molecule has 0 saturated carbocycles. The Morgan fingerprint density at radius 2 is 1.72 bits per heavy atom. The van der Waals surface area contributed by atoms with E-state index in [9.17, 15) is 0 Å². The molecule has 2 heterocycles. The number of rotatable bonds is 6. The summed E-state index contributed by atoms with van der Waals surface area (Å²) in [5.41, 5.74) is 9.43. The molecule has 0 bridgehead atoms. The van der Waals surface area contributed by atoms with Gasteiger partial charge in [0.25, 0.3) is 5.88 Å². The lowest BCUT2D eigenvalue weighted by atomic mass is 10.1. The second-order valence-electron chi connectivity index (χ2n) is 6.93. The van der Waals surface area contributed by atoms with Gasteiger partial charge in [0.15, 0.2) is 5.82 Å². The van der Waals surface area contributed by atoms with Crippen LogP contribution in [0.15, 0.2) is 48.7 Å². The van der Waals surface area contributed by atoms with Gasteiger partial charge in [0.1, 0.15) is 6.61 Å². The first kappa shape index (κ1) is 20.0. The second-order valence-corrected chi connectivity index (χ2v) is 7.74.